The fourth-order valence-electron chi connectivity index (χ4n) is 6.37. The van der Waals surface area contributed by atoms with Gasteiger partial charge in [-0.05, 0) is 108 Å². The Balaban J connectivity index is 1.29. The molecule has 0 aromatic heterocycles. The number of esters is 1. The number of benzene rings is 3. The van der Waals surface area contributed by atoms with Gasteiger partial charge in [0.15, 0.2) is 0 Å². The molecule has 4 rings (SSSR count). The molecule has 0 saturated heterocycles. The molecule has 1 aliphatic rings. The number of carbonyl (C=O) groups is 5. The number of ether oxygens (including phenoxy) is 4. The van der Waals surface area contributed by atoms with Gasteiger partial charge in [0.1, 0.15) is 36.5 Å². The molecule has 3 aromatic carbocycles. The van der Waals surface area contributed by atoms with Crippen LogP contribution in [0.5, 0.6) is 0 Å². The Hall–Kier alpha value is -5.59. The van der Waals surface area contributed by atoms with Gasteiger partial charge in [-0.2, -0.15) is 0 Å². The standard InChI is InChI=1S/C44H58N4O9/c1-43(2,3)56-40(51)46-27-17-14-24-36(47-42(53)57-44(4,5)6)38(49)45-26-16-15-25-37(39(50)54-28-30-18-8-7-9-19-30)48-41(52)55-29-35-33-22-12-10-20-31(33)32-21-11-13-23-34(32)35/h7-13,18-23,35-37H,14-17,24-29H2,1-6H3,(H,45,49)(H,46,51)(H,47,53)(H,48,52)/t36-,37-/m0/s1. The summed E-state index contributed by atoms with van der Waals surface area (Å²) in [7, 11) is 0. The fourth-order valence-corrected chi connectivity index (χ4v) is 6.37. The van der Waals surface area contributed by atoms with Crippen LogP contribution in [-0.2, 0) is 35.1 Å². The Kier molecular flexibility index (Phi) is 16.3. The van der Waals surface area contributed by atoms with Crippen LogP contribution in [0.2, 0.25) is 0 Å². The van der Waals surface area contributed by atoms with Crippen molar-refractivity contribution in [3.8, 4) is 11.1 Å². The van der Waals surface area contributed by atoms with Gasteiger partial charge < -0.3 is 40.2 Å². The van der Waals surface area contributed by atoms with Crippen molar-refractivity contribution in [3.05, 3.63) is 95.6 Å². The number of unbranched alkanes of at least 4 members (excludes halogenated alkanes) is 2. The van der Waals surface area contributed by atoms with Crippen LogP contribution in [0.3, 0.4) is 0 Å². The Morgan fingerprint density at radius 1 is 0.579 bits per heavy atom. The molecule has 13 heteroatoms. The molecule has 0 unspecified atom stereocenters. The first kappa shape index (κ1) is 44.1. The molecule has 2 atom stereocenters. The summed E-state index contributed by atoms with van der Waals surface area (Å²) in [5.41, 5.74) is 3.80. The predicted molar refractivity (Wildman–Crippen MR) is 216 cm³/mol. The third-order valence-corrected chi connectivity index (χ3v) is 8.96. The quantitative estimate of drug-likeness (QED) is 0.0579. The summed E-state index contributed by atoms with van der Waals surface area (Å²) in [4.78, 5) is 64.3. The zero-order valence-electron chi connectivity index (χ0n) is 34.0. The van der Waals surface area contributed by atoms with Crippen LogP contribution in [-0.4, -0.2) is 73.1 Å². The van der Waals surface area contributed by atoms with Crippen molar-refractivity contribution in [3.63, 3.8) is 0 Å². The van der Waals surface area contributed by atoms with Gasteiger partial charge in [0.25, 0.3) is 0 Å². The molecule has 1 aliphatic carbocycles. The van der Waals surface area contributed by atoms with Gasteiger partial charge in [0, 0.05) is 19.0 Å². The molecule has 0 spiro atoms. The number of nitrogens with one attached hydrogen (secondary N) is 4. The Morgan fingerprint density at radius 3 is 1.68 bits per heavy atom. The van der Waals surface area contributed by atoms with Crippen LogP contribution in [0.1, 0.15) is 103 Å². The molecule has 0 bridgehead atoms. The van der Waals surface area contributed by atoms with E-state index < -0.39 is 53.4 Å². The Labute approximate surface area is 335 Å². The van der Waals surface area contributed by atoms with E-state index in [0.29, 0.717) is 38.6 Å². The van der Waals surface area contributed by atoms with Crippen LogP contribution in [0, 0.1) is 0 Å². The summed E-state index contributed by atoms with van der Waals surface area (Å²) < 4.78 is 21.9. The summed E-state index contributed by atoms with van der Waals surface area (Å²) in [6.45, 7) is 11.3. The normalized spacial score (nSPS) is 13.2. The highest BCUT2D eigenvalue weighted by Crippen LogP contribution is 2.44. The largest absolute Gasteiger partial charge is 0.459 e. The number of hydrogen-bond donors (Lipinski definition) is 4. The van der Waals surface area contributed by atoms with E-state index in [0.717, 1.165) is 27.8 Å². The molecule has 57 heavy (non-hydrogen) atoms. The first-order chi connectivity index (χ1) is 27.1. The van der Waals surface area contributed by atoms with E-state index >= 15 is 0 Å². The smallest absolute Gasteiger partial charge is 0.408 e. The zero-order chi connectivity index (χ0) is 41.4. The lowest BCUT2D eigenvalue weighted by molar-refractivity contribution is -0.147. The summed E-state index contributed by atoms with van der Waals surface area (Å²) in [5, 5.41) is 10.9. The highest BCUT2D eigenvalue weighted by molar-refractivity contribution is 5.85. The van der Waals surface area contributed by atoms with Gasteiger partial charge in [0.05, 0.1) is 0 Å². The molecule has 0 heterocycles. The molecule has 0 fully saturated rings. The molecule has 4 amide bonds. The topological polar surface area (TPSA) is 170 Å². The van der Waals surface area contributed by atoms with E-state index in [-0.39, 0.29) is 32.1 Å². The van der Waals surface area contributed by atoms with Gasteiger partial charge in [-0.1, -0.05) is 78.9 Å². The number of hydrogen-bond acceptors (Lipinski definition) is 9. The first-order valence-corrected chi connectivity index (χ1v) is 19.7. The van der Waals surface area contributed by atoms with Gasteiger partial charge >= 0.3 is 24.2 Å². The number of rotatable bonds is 18. The first-order valence-electron chi connectivity index (χ1n) is 19.7. The van der Waals surface area contributed by atoms with Gasteiger partial charge in [-0.15, -0.1) is 0 Å². The zero-order valence-corrected chi connectivity index (χ0v) is 34.0. The van der Waals surface area contributed by atoms with Crippen LogP contribution < -0.4 is 21.3 Å². The third kappa shape index (κ3) is 15.1. The molecule has 0 radical (unpaired) electrons. The number of carbonyl (C=O) groups excluding carboxylic acids is 5. The van der Waals surface area contributed by atoms with Gasteiger partial charge in [-0.3, -0.25) is 4.79 Å². The van der Waals surface area contributed by atoms with E-state index in [1.54, 1.807) is 41.5 Å². The van der Waals surface area contributed by atoms with E-state index in [4.69, 9.17) is 18.9 Å². The second kappa shape index (κ2) is 21.1. The lowest BCUT2D eigenvalue weighted by Crippen LogP contribution is -2.48. The molecular weight excluding hydrogens is 729 g/mol. The molecule has 308 valence electrons. The Bertz CT molecular complexity index is 1760. The minimum atomic E-state index is -0.990. The summed E-state index contributed by atoms with van der Waals surface area (Å²) in [6, 6.07) is 23.5. The predicted octanol–water partition coefficient (Wildman–Crippen LogP) is 7.51. The van der Waals surface area contributed by atoms with Crippen molar-refractivity contribution in [1.82, 2.24) is 21.3 Å². The second-order valence-corrected chi connectivity index (χ2v) is 16.0. The lowest BCUT2D eigenvalue weighted by Gasteiger charge is -2.23. The molecule has 0 saturated carbocycles. The van der Waals surface area contributed by atoms with Crippen molar-refractivity contribution in [2.75, 3.05) is 19.7 Å². The maximum atomic E-state index is 13.3. The highest BCUT2D eigenvalue weighted by Gasteiger charge is 2.30. The van der Waals surface area contributed by atoms with Crippen LogP contribution in [0.25, 0.3) is 11.1 Å². The van der Waals surface area contributed by atoms with Crippen molar-refractivity contribution in [1.29, 1.82) is 0 Å². The van der Waals surface area contributed by atoms with Crippen LogP contribution in [0.15, 0.2) is 78.9 Å². The summed E-state index contributed by atoms with van der Waals surface area (Å²) in [6.07, 6.45) is 0.571. The molecule has 13 nitrogen and oxygen atoms in total. The average Bonchev–Trinajstić information content (AvgIpc) is 3.47. The summed E-state index contributed by atoms with van der Waals surface area (Å²) >= 11 is 0. The van der Waals surface area contributed by atoms with Gasteiger partial charge in [0.2, 0.25) is 5.91 Å². The summed E-state index contributed by atoms with van der Waals surface area (Å²) in [5.74, 6) is -1.13. The minimum absolute atomic E-state index is 0.0434. The highest BCUT2D eigenvalue weighted by atomic mass is 16.6. The third-order valence-electron chi connectivity index (χ3n) is 8.96. The van der Waals surface area contributed by atoms with E-state index in [1.807, 2.05) is 66.7 Å². The Morgan fingerprint density at radius 2 is 1.09 bits per heavy atom. The number of fused-ring (bicyclic) bond motifs is 3. The van der Waals surface area contributed by atoms with Crippen molar-refractivity contribution >= 4 is 30.2 Å². The number of alkyl carbamates (subject to hydrolysis) is 3. The van der Waals surface area contributed by atoms with Crippen molar-refractivity contribution in [2.24, 2.45) is 0 Å². The van der Waals surface area contributed by atoms with Gasteiger partial charge in [-0.25, -0.2) is 19.2 Å². The van der Waals surface area contributed by atoms with Crippen LogP contribution in [0.4, 0.5) is 14.4 Å². The molecular formula is C44H58N4O9. The fraction of sp³-hybridized carbons (Fsp3) is 0.477. The molecule has 4 N–H and O–H groups in total. The number of amides is 4. The van der Waals surface area contributed by atoms with Crippen molar-refractivity contribution in [2.45, 2.75) is 116 Å². The average molecular weight is 787 g/mol. The van der Waals surface area contributed by atoms with E-state index in [9.17, 15) is 24.0 Å². The maximum absolute atomic E-state index is 13.3. The lowest BCUT2D eigenvalue weighted by atomic mass is 9.98. The maximum Gasteiger partial charge on any atom is 0.408 e. The minimum Gasteiger partial charge on any atom is -0.459 e. The SMILES string of the molecule is CC(C)(C)OC(=O)NCCCC[C@H](NC(=O)OC(C)(C)C)C(=O)NCCCC[C@H](NC(=O)OCC1c2ccccc2-c2ccccc21)C(=O)OCc1ccccc1. The monoisotopic (exact) mass is 786 g/mol. The van der Waals surface area contributed by atoms with E-state index in [2.05, 4.69) is 33.4 Å². The van der Waals surface area contributed by atoms with E-state index in [1.165, 1.54) is 0 Å². The van der Waals surface area contributed by atoms with Crippen LogP contribution >= 0.6 is 0 Å². The van der Waals surface area contributed by atoms with Crippen molar-refractivity contribution < 1.29 is 42.9 Å². The second-order valence-electron chi connectivity index (χ2n) is 16.0. The molecule has 0 aliphatic heterocycles. The molecule has 3 aromatic rings.